The van der Waals surface area contributed by atoms with Gasteiger partial charge in [-0.25, -0.2) is 4.39 Å². The molecule has 0 fully saturated rings. The van der Waals surface area contributed by atoms with Crippen LogP contribution in [0.5, 0.6) is 0 Å². The van der Waals surface area contributed by atoms with E-state index in [1.807, 2.05) is 0 Å². The Hall–Kier alpha value is -1.23. The number of nitrogens with zero attached hydrogens (tertiary/aromatic N) is 2. The molecule has 0 atom stereocenters. The van der Waals surface area contributed by atoms with Gasteiger partial charge in [-0.1, -0.05) is 0 Å². The molecule has 0 saturated heterocycles. The predicted molar refractivity (Wildman–Crippen MR) is 65.2 cm³/mol. The average molecular weight is 287 g/mol. The summed E-state index contributed by atoms with van der Waals surface area (Å²) < 4.78 is 13.5. The van der Waals surface area contributed by atoms with Crippen LogP contribution in [-0.4, -0.2) is 30.7 Å². The van der Waals surface area contributed by atoms with Crippen LogP contribution in [0, 0.1) is 5.82 Å². The second-order valence-corrected chi connectivity index (χ2v) is 4.34. The molecule has 0 saturated carbocycles. The first-order chi connectivity index (χ1) is 7.41. The monoisotopic (exact) mass is 286 g/mol. The Morgan fingerprint density at radius 2 is 2.06 bits per heavy atom. The van der Waals surface area contributed by atoms with Crippen LogP contribution in [0.1, 0.15) is 17.3 Å². The summed E-state index contributed by atoms with van der Waals surface area (Å²) in [5.74, 6) is -0.344. The Kier molecular flexibility index (Phi) is 4.18. The van der Waals surface area contributed by atoms with Crippen LogP contribution in [0.15, 0.2) is 27.7 Å². The number of aliphatic imine (C=N–C) groups is 1. The van der Waals surface area contributed by atoms with E-state index in [0.29, 0.717) is 10.3 Å². The molecule has 0 bridgehead atoms. The van der Waals surface area contributed by atoms with E-state index in [4.69, 9.17) is 0 Å². The lowest BCUT2D eigenvalue weighted by Crippen LogP contribution is -2.20. The molecule has 1 aromatic carbocycles. The third kappa shape index (κ3) is 3.13. The number of amides is 1. The SMILES string of the molecule is C/C(=N\C(=O)c1cc(F)ccc1Br)N(C)C. The fraction of sp³-hybridized carbons (Fsp3) is 0.273. The highest BCUT2D eigenvalue weighted by Gasteiger charge is 2.11. The van der Waals surface area contributed by atoms with Crippen LogP contribution in [-0.2, 0) is 0 Å². The van der Waals surface area contributed by atoms with Crippen molar-refractivity contribution in [1.82, 2.24) is 4.90 Å². The number of hydrogen-bond acceptors (Lipinski definition) is 1. The molecule has 3 nitrogen and oxygen atoms in total. The van der Waals surface area contributed by atoms with Gasteiger partial charge in [0.05, 0.1) is 5.56 Å². The van der Waals surface area contributed by atoms with Gasteiger partial charge in [-0.3, -0.25) is 4.79 Å². The summed E-state index contributed by atoms with van der Waals surface area (Å²) in [7, 11) is 3.57. The van der Waals surface area contributed by atoms with Crippen LogP contribution in [0.25, 0.3) is 0 Å². The number of carbonyl (C=O) groups is 1. The molecule has 0 unspecified atom stereocenters. The van der Waals surface area contributed by atoms with Crippen molar-refractivity contribution in [3.05, 3.63) is 34.1 Å². The highest BCUT2D eigenvalue weighted by atomic mass is 79.9. The van der Waals surface area contributed by atoms with Gasteiger partial charge in [0.1, 0.15) is 11.7 Å². The van der Waals surface area contributed by atoms with Crippen molar-refractivity contribution in [3.63, 3.8) is 0 Å². The average Bonchev–Trinajstić information content (AvgIpc) is 2.21. The van der Waals surface area contributed by atoms with Gasteiger partial charge in [0.15, 0.2) is 0 Å². The summed E-state index contributed by atoms with van der Waals surface area (Å²) >= 11 is 3.19. The third-order valence-corrected chi connectivity index (χ3v) is 2.76. The van der Waals surface area contributed by atoms with Crippen molar-refractivity contribution in [2.24, 2.45) is 4.99 Å². The maximum atomic E-state index is 13.0. The molecule has 0 aromatic heterocycles. The fourth-order valence-electron chi connectivity index (χ4n) is 0.969. The van der Waals surface area contributed by atoms with Gasteiger partial charge in [-0.2, -0.15) is 4.99 Å². The minimum absolute atomic E-state index is 0.223. The lowest BCUT2D eigenvalue weighted by atomic mass is 10.2. The van der Waals surface area contributed by atoms with E-state index in [-0.39, 0.29) is 5.56 Å². The second kappa shape index (κ2) is 5.21. The molecule has 0 radical (unpaired) electrons. The molecule has 1 rings (SSSR count). The lowest BCUT2D eigenvalue weighted by molar-refractivity contribution is 0.100. The number of rotatable bonds is 1. The first kappa shape index (κ1) is 12.8. The van der Waals surface area contributed by atoms with E-state index in [9.17, 15) is 9.18 Å². The quantitative estimate of drug-likeness (QED) is 0.587. The van der Waals surface area contributed by atoms with Gasteiger partial charge in [0.25, 0.3) is 5.91 Å². The Balaban J connectivity index is 3.06. The van der Waals surface area contributed by atoms with Gasteiger partial charge < -0.3 is 4.90 Å². The summed E-state index contributed by atoms with van der Waals surface area (Å²) in [4.78, 5) is 17.3. The first-order valence-corrected chi connectivity index (χ1v) is 5.43. The van der Waals surface area contributed by atoms with Crippen molar-refractivity contribution in [2.45, 2.75) is 6.92 Å². The van der Waals surface area contributed by atoms with Crippen molar-refractivity contribution in [2.75, 3.05) is 14.1 Å². The number of benzene rings is 1. The molecule has 1 amide bonds. The van der Waals surface area contributed by atoms with Crippen LogP contribution in [0.4, 0.5) is 4.39 Å². The highest BCUT2D eigenvalue weighted by Crippen LogP contribution is 2.18. The molecular formula is C11H12BrFN2O. The Morgan fingerprint density at radius 3 is 2.62 bits per heavy atom. The third-order valence-electron chi connectivity index (χ3n) is 2.07. The van der Waals surface area contributed by atoms with Crippen LogP contribution in [0.2, 0.25) is 0 Å². The fourth-order valence-corrected chi connectivity index (χ4v) is 1.38. The molecule has 0 spiro atoms. The molecule has 16 heavy (non-hydrogen) atoms. The van der Waals surface area contributed by atoms with Gasteiger partial charge >= 0.3 is 0 Å². The van der Waals surface area contributed by atoms with Crippen molar-refractivity contribution in [3.8, 4) is 0 Å². The molecule has 0 aliphatic rings. The van der Waals surface area contributed by atoms with Gasteiger partial charge in [-0.05, 0) is 41.1 Å². The standard InChI is InChI=1S/C11H12BrFN2O/c1-7(15(2)3)14-11(16)9-6-8(13)4-5-10(9)12/h4-6H,1-3H3/b14-7+. The van der Waals surface area contributed by atoms with E-state index >= 15 is 0 Å². The Labute approximate surface area is 102 Å². The minimum atomic E-state index is -0.461. The van der Waals surface area contributed by atoms with Crippen molar-refractivity contribution >= 4 is 27.7 Å². The molecule has 86 valence electrons. The van der Waals surface area contributed by atoms with Crippen molar-refractivity contribution < 1.29 is 9.18 Å². The topological polar surface area (TPSA) is 32.7 Å². The zero-order valence-electron chi connectivity index (χ0n) is 9.29. The zero-order chi connectivity index (χ0) is 12.3. The Bertz CT molecular complexity index is 444. The molecule has 0 heterocycles. The molecular weight excluding hydrogens is 275 g/mol. The number of carbonyl (C=O) groups excluding carboxylic acids is 1. The van der Waals surface area contributed by atoms with Crippen LogP contribution in [0.3, 0.4) is 0 Å². The van der Waals surface area contributed by atoms with E-state index in [2.05, 4.69) is 20.9 Å². The largest absolute Gasteiger partial charge is 0.366 e. The maximum Gasteiger partial charge on any atom is 0.279 e. The second-order valence-electron chi connectivity index (χ2n) is 3.48. The van der Waals surface area contributed by atoms with E-state index in [0.717, 1.165) is 0 Å². The summed E-state index contributed by atoms with van der Waals surface area (Å²) in [6, 6.07) is 3.94. The molecule has 0 aliphatic heterocycles. The van der Waals surface area contributed by atoms with E-state index < -0.39 is 11.7 Å². The maximum absolute atomic E-state index is 13.0. The van der Waals surface area contributed by atoms with E-state index in [1.165, 1.54) is 18.2 Å². The van der Waals surface area contributed by atoms with Gasteiger partial charge in [0.2, 0.25) is 0 Å². The zero-order valence-corrected chi connectivity index (χ0v) is 10.9. The van der Waals surface area contributed by atoms with E-state index in [1.54, 1.807) is 25.9 Å². The molecule has 5 heteroatoms. The molecule has 0 N–H and O–H groups in total. The van der Waals surface area contributed by atoms with Crippen LogP contribution < -0.4 is 0 Å². The summed E-state index contributed by atoms with van der Waals surface area (Å²) in [5, 5.41) is 0. The number of halogens is 2. The summed E-state index contributed by atoms with van der Waals surface area (Å²) in [6.07, 6.45) is 0. The smallest absolute Gasteiger partial charge is 0.279 e. The van der Waals surface area contributed by atoms with Gasteiger partial charge in [-0.15, -0.1) is 0 Å². The normalized spacial score (nSPS) is 11.4. The van der Waals surface area contributed by atoms with Crippen molar-refractivity contribution in [1.29, 1.82) is 0 Å². The van der Waals surface area contributed by atoms with Gasteiger partial charge in [0, 0.05) is 18.6 Å². The first-order valence-electron chi connectivity index (χ1n) is 4.64. The number of amidine groups is 1. The molecule has 1 aromatic rings. The number of hydrogen-bond donors (Lipinski definition) is 0. The predicted octanol–water partition coefficient (Wildman–Crippen LogP) is 2.71. The lowest BCUT2D eigenvalue weighted by Gasteiger charge is -2.10. The van der Waals surface area contributed by atoms with Crippen LogP contribution >= 0.6 is 15.9 Å². The Morgan fingerprint density at radius 1 is 1.44 bits per heavy atom. The minimum Gasteiger partial charge on any atom is -0.366 e. The summed E-state index contributed by atoms with van der Waals surface area (Å²) in [6.45, 7) is 1.71. The molecule has 0 aliphatic carbocycles. The summed E-state index contributed by atoms with van der Waals surface area (Å²) in [5.41, 5.74) is 0.223. The highest BCUT2D eigenvalue weighted by molar-refractivity contribution is 9.10.